The van der Waals surface area contributed by atoms with Crippen molar-refractivity contribution in [2.75, 3.05) is 0 Å². The topological polar surface area (TPSA) is 0 Å². The summed E-state index contributed by atoms with van der Waals surface area (Å²) in [6.07, 6.45) is 2.19. The molecule has 0 amide bonds. The van der Waals surface area contributed by atoms with E-state index < -0.39 is 5.82 Å². The Morgan fingerprint density at radius 1 is 1.07 bits per heavy atom. The van der Waals surface area contributed by atoms with Gasteiger partial charge in [-0.25, -0.2) is 8.78 Å². The molecular weight excluding hydrogens is 398 g/mol. The summed E-state index contributed by atoms with van der Waals surface area (Å²) in [7, 11) is 0. The Kier molecular flexibility index (Phi) is 5.48. The largest absolute Gasteiger partial charge is 0.206 e. The van der Waals surface area contributed by atoms with E-state index in [0.717, 1.165) is 23.1 Å². The van der Waals surface area contributed by atoms with Crippen LogP contribution in [0.3, 0.4) is 0 Å². The van der Waals surface area contributed by atoms with Gasteiger partial charge in [-0.3, -0.25) is 0 Å². The van der Waals surface area contributed by atoms with Crippen LogP contribution >= 0.6 is 11.6 Å². The lowest BCUT2D eigenvalue weighted by atomic mass is 9.72. The minimum Gasteiger partial charge on any atom is -0.206 e. The highest BCUT2D eigenvalue weighted by atomic mass is 35.5. The number of hydrogen-bond donors (Lipinski definition) is 0. The van der Waals surface area contributed by atoms with E-state index in [4.69, 9.17) is 11.6 Å². The van der Waals surface area contributed by atoms with Crippen molar-refractivity contribution >= 4 is 11.6 Å². The Balaban J connectivity index is 1.98. The maximum absolute atomic E-state index is 15.6. The Morgan fingerprint density at radius 3 is 2.43 bits per heavy atom. The zero-order valence-electron chi connectivity index (χ0n) is 18.0. The Bertz CT molecular complexity index is 1100. The number of fused-ring (bicyclic) bond motifs is 1. The monoisotopic (exact) mass is 424 g/mol. The van der Waals surface area contributed by atoms with Gasteiger partial charge in [-0.05, 0) is 59.6 Å². The molecule has 2 atom stereocenters. The SMILES string of the molecule is CCCc1ccc(C)c(-c2c(Cl)c(F)cc3c2C(C)C(C)(c2ccccc2)C3)c1F. The van der Waals surface area contributed by atoms with Crippen molar-refractivity contribution in [3.05, 3.63) is 93.0 Å². The van der Waals surface area contributed by atoms with Gasteiger partial charge in [0, 0.05) is 16.5 Å². The molecular formula is C27H27ClF2. The molecule has 0 spiro atoms. The summed E-state index contributed by atoms with van der Waals surface area (Å²) in [5.41, 5.74) is 5.31. The maximum Gasteiger partial charge on any atom is 0.142 e. The van der Waals surface area contributed by atoms with Gasteiger partial charge in [-0.2, -0.15) is 0 Å². The maximum atomic E-state index is 15.6. The minimum atomic E-state index is -0.477. The molecule has 2 unspecified atom stereocenters. The third kappa shape index (κ3) is 3.17. The van der Waals surface area contributed by atoms with Crippen LogP contribution in [0.4, 0.5) is 8.78 Å². The predicted octanol–water partition coefficient (Wildman–Crippen LogP) is 8.16. The molecule has 0 aromatic heterocycles. The van der Waals surface area contributed by atoms with Crippen LogP contribution in [0.25, 0.3) is 11.1 Å². The molecule has 0 N–H and O–H groups in total. The fraction of sp³-hybridized carbons (Fsp3) is 0.333. The van der Waals surface area contributed by atoms with Gasteiger partial charge in [0.05, 0.1) is 5.02 Å². The molecule has 0 saturated heterocycles. The first kappa shape index (κ1) is 21.1. The molecule has 0 aliphatic heterocycles. The molecule has 1 aliphatic rings. The van der Waals surface area contributed by atoms with Crippen LogP contribution in [0.2, 0.25) is 5.02 Å². The second-order valence-electron chi connectivity index (χ2n) is 8.78. The number of halogens is 3. The zero-order chi connectivity index (χ0) is 21.6. The molecule has 4 rings (SSSR count). The summed E-state index contributed by atoms with van der Waals surface area (Å²) >= 11 is 6.55. The molecule has 0 saturated carbocycles. The number of rotatable bonds is 4. The molecule has 3 aromatic carbocycles. The second kappa shape index (κ2) is 7.81. The van der Waals surface area contributed by atoms with Crippen molar-refractivity contribution in [2.24, 2.45) is 0 Å². The standard InChI is InChI=1S/C27H27ClF2/c1-5-9-18-13-12-16(2)22(26(18)30)24-23-17(3)27(4,20-10-7-6-8-11-20)15-19(23)14-21(29)25(24)28/h6-8,10-14,17H,5,9,15H2,1-4H3. The first-order valence-corrected chi connectivity index (χ1v) is 11.0. The van der Waals surface area contributed by atoms with Crippen LogP contribution in [-0.2, 0) is 18.3 Å². The first-order valence-electron chi connectivity index (χ1n) is 10.6. The van der Waals surface area contributed by atoms with Gasteiger partial charge in [0.2, 0.25) is 0 Å². The van der Waals surface area contributed by atoms with E-state index in [-0.39, 0.29) is 22.2 Å². The number of aryl methyl sites for hydroxylation is 2. The van der Waals surface area contributed by atoms with Crippen molar-refractivity contribution in [3.63, 3.8) is 0 Å². The van der Waals surface area contributed by atoms with E-state index in [1.807, 2.05) is 44.2 Å². The lowest BCUT2D eigenvalue weighted by Crippen LogP contribution is -2.25. The average Bonchev–Trinajstić information content (AvgIpc) is 2.98. The quantitative estimate of drug-likeness (QED) is 0.396. The van der Waals surface area contributed by atoms with Crippen molar-refractivity contribution in [1.82, 2.24) is 0 Å². The predicted molar refractivity (Wildman–Crippen MR) is 121 cm³/mol. The fourth-order valence-corrected chi connectivity index (χ4v) is 5.35. The molecule has 3 heteroatoms. The summed E-state index contributed by atoms with van der Waals surface area (Å²) < 4.78 is 30.6. The Labute approximate surface area is 182 Å². The number of benzene rings is 3. The smallest absolute Gasteiger partial charge is 0.142 e. The van der Waals surface area contributed by atoms with Crippen LogP contribution in [-0.4, -0.2) is 0 Å². The highest BCUT2D eigenvalue weighted by Crippen LogP contribution is 2.54. The molecule has 30 heavy (non-hydrogen) atoms. The fourth-order valence-electron chi connectivity index (χ4n) is 5.10. The van der Waals surface area contributed by atoms with Gasteiger partial charge in [0.1, 0.15) is 11.6 Å². The van der Waals surface area contributed by atoms with E-state index >= 15 is 4.39 Å². The summed E-state index contributed by atoms with van der Waals surface area (Å²) in [5, 5.41) is 0.0218. The Hall–Kier alpha value is -2.19. The minimum absolute atomic E-state index is 0.0218. The average molecular weight is 425 g/mol. The highest BCUT2D eigenvalue weighted by molar-refractivity contribution is 6.33. The molecule has 0 heterocycles. The first-order chi connectivity index (χ1) is 14.3. The van der Waals surface area contributed by atoms with E-state index in [9.17, 15) is 4.39 Å². The molecule has 3 aromatic rings. The number of hydrogen-bond acceptors (Lipinski definition) is 0. The molecule has 1 aliphatic carbocycles. The van der Waals surface area contributed by atoms with Crippen LogP contribution in [0, 0.1) is 18.6 Å². The van der Waals surface area contributed by atoms with Crippen LogP contribution in [0.5, 0.6) is 0 Å². The lowest BCUT2D eigenvalue weighted by molar-refractivity contribution is 0.430. The molecule has 0 fully saturated rings. The van der Waals surface area contributed by atoms with Gasteiger partial charge in [0.15, 0.2) is 0 Å². The van der Waals surface area contributed by atoms with Crippen molar-refractivity contribution < 1.29 is 8.78 Å². The Morgan fingerprint density at radius 2 is 1.77 bits per heavy atom. The van der Waals surface area contributed by atoms with Crippen molar-refractivity contribution in [3.8, 4) is 11.1 Å². The zero-order valence-corrected chi connectivity index (χ0v) is 18.7. The molecule has 0 radical (unpaired) electrons. The highest BCUT2D eigenvalue weighted by Gasteiger charge is 2.44. The summed E-state index contributed by atoms with van der Waals surface area (Å²) in [4.78, 5) is 0. The third-order valence-electron chi connectivity index (χ3n) is 6.92. The van der Waals surface area contributed by atoms with Crippen LogP contribution in [0.15, 0.2) is 48.5 Å². The van der Waals surface area contributed by atoms with Crippen molar-refractivity contribution in [2.45, 2.75) is 58.3 Å². The molecule has 156 valence electrons. The van der Waals surface area contributed by atoms with E-state index in [1.54, 1.807) is 6.07 Å². The van der Waals surface area contributed by atoms with Gasteiger partial charge < -0.3 is 0 Å². The van der Waals surface area contributed by atoms with Gasteiger partial charge in [-0.15, -0.1) is 0 Å². The van der Waals surface area contributed by atoms with Gasteiger partial charge in [0.25, 0.3) is 0 Å². The van der Waals surface area contributed by atoms with Crippen LogP contribution < -0.4 is 0 Å². The molecule has 0 bridgehead atoms. The molecule has 0 nitrogen and oxygen atoms in total. The van der Waals surface area contributed by atoms with E-state index in [0.29, 0.717) is 29.5 Å². The van der Waals surface area contributed by atoms with E-state index in [1.165, 1.54) is 5.56 Å². The lowest BCUT2D eigenvalue weighted by Gasteiger charge is -2.31. The summed E-state index contributed by atoms with van der Waals surface area (Å²) in [5.74, 6) is -0.682. The second-order valence-corrected chi connectivity index (χ2v) is 9.16. The normalized spacial score (nSPS) is 20.4. The van der Waals surface area contributed by atoms with Gasteiger partial charge >= 0.3 is 0 Å². The van der Waals surface area contributed by atoms with Crippen LogP contribution in [0.1, 0.15) is 60.9 Å². The summed E-state index contributed by atoms with van der Waals surface area (Å²) in [6.45, 7) is 8.26. The van der Waals surface area contributed by atoms with E-state index in [2.05, 4.69) is 26.0 Å². The summed E-state index contributed by atoms with van der Waals surface area (Å²) in [6, 6.07) is 15.6. The van der Waals surface area contributed by atoms with Gasteiger partial charge in [-0.1, -0.05) is 81.3 Å². The third-order valence-corrected chi connectivity index (χ3v) is 7.29. The van der Waals surface area contributed by atoms with Crippen molar-refractivity contribution in [1.29, 1.82) is 0 Å².